The molecule has 0 aliphatic carbocycles. The maximum absolute atomic E-state index is 12.6. The van der Waals surface area contributed by atoms with Crippen LogP contribution < -0.4 is 0 Å². The normalized spacial score (nSPS) is 10.8. The quantitative estimate of drug-likeness (QED) is 0.628. The lowest BCUT2D eigenvalue weighted by Gasteiger charge is -2.14. The molecule has 0 aliphatic rings. The summed E-state index contributed by atoms with van der Waals surface area (Å²) < 4.78 is 13.6. The van der Waals surface area contributed by atoms with Crippen LogP contribution in [0.3, 0.4) is 0 Å². The van der Waals surface area contributed by atoms with Crippen LogP contribution in [0.1, 0.15) is 12.5 Å². The molecule has 1 heterocycles. The summed E-state index contributed by atoms with van der Waals surface area (Å²) in [7, 11) is 2.03. The molecule has 0 saturated heterocycles. The van der Waals surface area contributed by atoms with Gasteiger partial charge in [0.25, 0.3) is 0 Å². The van der Waals surface area contributed by atoms with Crippen molar-refractivity contribution in [2.24, 2.45) is 0 Å². The second-order valence-corrected chi connectivity index (χ2v) is 4.09. The Hall–Kier alpha value is -0.230. The van der Waals surface area contributed by atoms with Gasteiger partial charge in [0, 0.05) is 22.4 Å². The van der Waals surface area contributed by atoms with E-state index in [0.717, 1.165) is 22.2 Å². The van der Waals surface area contributed by atoms with Crippen molar-refractivity contribution in [3.05, 3.63) is 27.3 Å². The fraction of sp³-hybridized carbons (Fsp3) is 0.444. The van der Waals surface area contributed by atoms with E-state index in [0.29, 0.717) is 0 Å². The smallest absolute Gasteiger partial charge is 0.213 e. The van der Waals surface area contributed by atoms with Crippen LogP contribution in [-0.4, -0.2) is 23.5 Å². The number of nitrogens with zero attached hydrogens (tertiary/aromatic N) is 2. The highest BCUT2D eigenvalue weighted by molar-refractivity contribution is 14.1. The molecule has 0 fully saturated rings. The van der Waals surface area contributed by atoms with Gasteiger partial charge in [-0.05, 0) is 41.7 Å². The van der Waals surface area contributed by atoms with Crippen molar-refractivity contribution in [1.82, 2.24) is 9.88 Å². The second kappa shape index (κ2) is 4.85. The number of hydrogen-bond donors (Lipinski definition) is 0. The molecule has 0 unspecified atom stereocenters. The molecule has 1 rings (SSSR count). The highest BCUT2D eigenvalue weighted by Crippen LogP contribution is 2.13. The van der Waals surface area contributed by atoms with Crippen molar-refractivity contribution in [3.63, 3.8) is 0 Å². The molecule has 1 aromatic heterocycles. The molecule has 0 spiro atoms. The molecular weight excluding hydrogens is 282 g/mol. The Morgan fingerprint density at radius 2 is 2.31 bits per heavy atom. The van der Waals surface area contributed by atoms with Crippen LogP contribution in [0.25, 0.3) is 0 Å². The van der Waals surface area contributed by atoms with Gasteiger partial charge in [-0.2, -0.15) is 4.39 Å². The molecule has 0 amide bonds. The molecular formula is C9H12FIN2. The summed E-state index contributed by atoms with van der Waals surface area (Å²) in [5.74, 6) is -0.410. The van der Waals surface area contributed by atoms with E-state index >= 15 is 0 Å². The van der Waals surface area contributed by atoms with Crippen molar-refractivity contribution < 1.29 is 4.39 Å². The molecule has 72 valence electrons. The molecule has 1 aromatic rings. The molecule has 0 radical (unpaired) electrons. The standard InChI is InChI=1S/C9H12FIN2/c1-3-13(2)6-7-5-12-9(10)4-8(7)11/h4-5H,3,6H2,1-2H3. The molecule has 0 N–H and O–H groups in total. The Bertz CT molecular complexity index is 291. The second-order valence-electron chi connectivity index (χ2n) is 2.93. The van der Waals surface area contributed by atoms with E-state index in [4.69, 9.17) is 0 Å². The number of rotatable bonds is 3. The average Bonchev–Trinajstić information content (AvgIpc) is 2.09. The molecule has 0 bridgehead atoms. The van der Waals surface area contributed by atoms with E-state index in [-0.39, 0.29) is 0 Å². The molecule has 0 aliphatic heterocycles. The number of hydrogen-bond acceptors (Lipinski definition) is 2. The number of halogens is 2. The van der Waals surface area contributed by atoms with Crippen molar-refractivity contribution in [1.29, 1.82) is 0 Å². The Labute approximate surface area is 91.3 Å². The highest BCUT2D eigenvalue weighted by atomic mass is 127. The van der Waals surface area contributed by atoms with E-state index < -0.39 is 5.95 Å². The average molecular weight is 294 g/mol. The summed E-state index contributed by atoms with van der Waals surface area (Å²) in [6.45, 7) is 3.89. The van der Waals surface area contributed by atoms with Crippen molar-refractivity contribution in [3.8, 4) is 0 Å². The molecule has 0 atom stereocenters. The van der Waals surface area contributed by atoms with E-state index in [1.165, 1.54) is 6.07 Å². The van der Waals surface area contributed by atoms with Crippen molar-refractivity contribution >= 4 is 22.6 Å². The lowest BCUT2D eigenvalue weighted by Crippen LogP contribution is -2.17. The predicted octanol–water partition coefficient (Wildman–Crippen LogP) is 2.28. The van der Waals surface area contributed by atoms with Gasteiger partial charge in [-0.1, -0.05) is 6.92 Å². The van der Waals surface area contributed by atoms with E-state index in [9.17, 15) is 4.39 Å². The van der Waals surface area contributed by atoms with Gasteiger partial charge in [0.2, 0.25) is 5.95 Å². The highest BCUT2D eigenvalue weighted by Gasteiger charge is 2.04. The summed E-state index contributed by atoms with van der Waals surface area (Å²) in [6, 6.07) is 1.46. The fourth-order valence-corrected chi connectivity index (χ4v) is 1.52. The third-order valence-corrected chi connectivity index (χ3v) is 2.88. The van der Waals surface area contributed by atoms with Gasteiger partial charge in [-0.3, -0.25) is 0 Å². The van der Waals surface area contributed by atoms with Gasteiger partial charge in [0.1, 0.15) is 0 Å². The fourth-order valence-electron chi connectivity index (χ4n) is 0.955. The lowest BCUT2D eigenvalue weighted by atomic mass is 10.3. The molecule has 13 heavy (non-hydrogen) atoms. The molecule has 0 saturated carbocycles. The zero-order valence-electron chi connectivity index (χ0n) is 7.72. The molecule has 0 aromatic carbocycles. The van der Waals surface area contributed by atoms with E-state index in [2.05, 4.69) is 39.4 Å². The van der Waals surface area contributed by atoms with Crippen molar-refractivity contribution in [2.45, 2.75) is 13.5 Å². The van der Waals surface area contributed by atoms with Gasteiger partial charge in [0.15, 0.2) is 0 Å². The van der Waals surface area contributed by atoms with E-state index in [1.54, 1.807) is 6.20 Å². The van der Waals surface area contributed by atoms with Gasteiger partial charge in [-0.25, -0.2) is 4.98 Å². The Balaban J connectivity index is 2.77. The van der Waals surface area contributed by atoms with Crippen LogP contribution in [0.4, 0.5) is 4.39 Å². The first kappa shape index (κ1) is 10.8. The first-order chi connectivity index (χ1) is 6.13. The minimum atomic E-state index is -0.410. The van der Waals surface area contributed by atoms with Gasteiger partial charge in [0.05, 0.1) is 0 Å². The van der Waals surface area contributed by atoms with Gasteiger partial charge in [-0.15, -0.1) is 0 Å². The maximum Gasteiger partial charge on any atom is 0.213 e. The van der Waals surface area contributed by atoms with Crippen LogP contribution in [0, 0.1) is 9.52 Å². The number of aromatic nitrogens is 1. The Morgan fingerprint density at radius 3 is 2.85 bits per heavy atom. The summed E-state index contributed by atoms with van der Waals surface area (Å²) >= 11 is 2.13. The maximum atomic E-state index is 12.6. The Morgan fingerprint density at radius 1 is 1.62 bits per heavy atom. The third kappa shape index (κ3) is 3.19. The minimum absolute atomic E-state index is 0.410. The Kier molecular flexibility index (Phi) is 4.05. The lowest BCUT2D eigenvalue weighted by molar-refractivity contribution is 0.344. The summed E-state index contributed by atoms with van der Waals surface area (Å²) in [4.78, 5) is 5.78. The SMILES string of the molecule is CCN(C)Cc1cnc(F)cc1I. The molecule has 2 nitrogen and oxygen atoms in total. The van der Waals surface area contributed by atoms with Crippen LogP contribution in [0.5, 0.6) is 0 Å². The van der Waals surface area contributed by atoms with Crippen LogP contribution in [-0.2, 0) is 6.54 Å². The summed E-state index contributed by atoms with van der Waals surface area (Å²) in [5, 5.41) is 0. The van der Waals surface area contributed by atoms with E-state index in [1.807, 2.05) is 7.05 Å². The third-order valence-electron chi connectivity index (χ3n) is 1.88. The van der Waals surface area contributed by atoms with Gasteiger partial charge >= 0.3 is 0 Å². The van der Waals surface area contributed by atoms with Crippen LogP contribution in [0.15, 0.2) is 12.3 Å². The van der Waals surface area contributed by atoms with Crippen molar-refractivity contribution in [2.75, 3.05) is 13.6 Å². The first-order valence-electron chi connectivity index (χ1n) is 4.12. The van der Waals surface area contributed by atoms with Crippen LogP contribution >= 0.6 is 22.6 Å². The topological polar surface area (TPSA) is 16.1 Å². The molecule has 4 heteroatoms. The largest absolute Gasteiger partial charge is 0.302 e. The predicted molar refractivity (Wildman–Crippen MR) is 58.9 cm³/mol. The monoisotopic (exact) mass is 294 g/mol. The summed E-state index contributed by atoms with van der Waals surface area (Å²) in [5.41, 5.74) is 1.08. The zero-order valence-corrected chi connectivity index (χ0v) is 9.88. The van der Waals surface area contributed by atoms with Gasteiger partial charge < -0.3 is 4.90 Å². The summed E-state index contributed by atoms with van der Waals surface area (Å²) in [6.07, 6.45) is 1.60. The number of pyridine rings is 1. The first-order valence-corrected chi connectivity index (χ1v) is 5.19. The van der Waals surface area contributed by atoms with Crippen LogP contribution in [0.2, 0.25) is 0 Å². The minimum Gasteiger partial charge on any atom is -0.302 e. The zero-order chi connectivity index (χ0) is 9.84.